The SMILES string of the molecule is COC[C@H](C)NC(=S)NNC(=O)Cc1ccccc1OC. The van der Waals surface area contributed by atoms with Crippen molar-refractivity contribution < 1.29 is 14.3 Å². The van der Waals surface area contributed by atoms with Crippen LogP contribution in [0.1, 0.15) is 12.5 Å². The first-order chi connectivity index (χ1) is 10.1. The first kappa shape index (κ1) is 17.2. The van der Waals surface area contributed by atoms with Crippen molar-refractivity contribution in [1.29, 1.82) is 0 Å². The summed E-state index contributed by atoms with van der Waals surface area (Å²) in [6.45, 7) is 2.45. The summed E-state index contributed by atoms with van der Waals surface area (Å²) in [5.41, 5.74) is 6.01. The highest BCUT2D eigenvalue weighted by molar-refractivity contribution is 7.80. The minimum absolute atomic E-state index is 0.0566. The van der Waals surface area contributed by atoms with Crippen LogP contribution in [0.2, 0.25) is 0 Å². The minimum atomic E-state index is -0.206. The molecule has 0 aromatic heterocycles. The van der Waals surface area contributed by atoms with E-state index in [1.807, 2.05) is 31.2 Å². The average Bonchev–Trinajstić information content (AvgIpc) is 2.46. The Balaban J connectivity index is 2.39. The fourth-order valence-electron chi connectivity index (χ4n) is 1.74. The van der Waals surface area contributed by atoms with Crippen LogP contribution in [0, 0.1) is 0 Å². The molecule has 116 valence electrons. The second-order valence-electron chi connectivity index (χ2n) is 4.49. The third-order valence-electron chi connectivity index (χ3n) is 2.65. The molecule has 0 aliphatic carbocycles. The van der Waals surface area contributed by atoms with E-state index in [2.05, 4.69) is 16.2 Å². The molecular weight excluding hydrogens is 290 g/mol. The summed E-state index contributed by atoms with van der Waals surface area (Å²) in [5, 5.41) is 3.32. The highest BCUT2D eigenvalue weighted by Gasteiger charge is 2.09. The average molecular weight is 311 g/mol. The monoisotopic (exact) mass is 311 g/mol. The quantitative estimate of drug-likeness (QED) is 0.532. The van der Waals surface area contributed by atoms with Crippen molar-refractivity contribution in [3.8, 4) is 5.75 Å². The van der Waals surface area contributed by atoms with Gasteiger partial charge in [0.2, 0.25) is 5.91 Å². The first-order valence-corrected chi connectivity index (χ1v) is 6.93. The third-order valence-corrected chi connectivity index (χ3v) is 2.87. The summed E-state index contributed by atoms with van der Waals surface area (Å²) in [5.74, 6) is 0.477. The Kier molecular flexibility index (Phi) is 7.49. The van der Waals surface area contributed by atoms with Gasteiger partial charge >= 0.3 is 0 Å². The van der Waals surface area contributed by atoms with Crippen LogP contribution in [0.5, 0.6) is 5.75 Å². The number of carbonyl (C=O) groups is 1. The Hall–Kier alpha value is -1.86. The van der Waals surface area contributed by atoms with Gasteiger partial charge in [-0.15, -0.1) is 0 Å². The number of nitrogens with one attached hydrogen (secondary N) is 3. The first-order valence-electron chi connectivity index (χ1n) is 6.53. The van der Waals surface area contributed by atoms with E-state index in [0.717, 1.165) is 5.56 Å². The van der Waals surface area contributed by atoms with Crippen LogP contribution in [0.15, 0.2) is 24.3 Å². The Morgan fingerprint density at radius 1 is 1.29 bits per heavy atom. The van der Waals surface area contributed by atoms with E-state index < -0.39 is 0 Å². The minimum Gasteiger partial charge on any atom is -0.496 e. The number of ether oxygens (including phenoxy) is 2. The van der Waals surface area contributed by atoms with Gasteiger partial charge in [0.15, 0.2) is 5.11 Å². The van der Waals surface area contributed by atoms with Gasteiger partial charge in [0.1, 0.15) is 5.75 Å². The maximum Gasteiger partial charge on any atom is 0.242 e. The van der Waals surface area contributed by atoms with E-state index in [1.165, 1.54) is 0 Å². The number of benzene rings is 1. The van der Waals surface area contributed by atoms with Gasteiger partial charge in [-0.3, -0.25) is 15.6 Å². The van der Waals surface area contributed by atoms with Gasteiger partial charge in [0.05, 0.1) is 20.1 Å². The zero-order valence-corrected chi connectivity index (χ0v) is 13.3. The number of hydrazine groups is 1. The van der Waals surface area contributed by atoms with E-state index >= 15 is 0 Å². The number of carbonyl (C=O) groups excluding carboxylic acids is 1. The predicted molar refractivity (Wildman–Crippen MR) is 85.0 cm³/mol. The number of thiocarbonyl (C=S) groups is 1. The van der Waals surface area contributed by atoms with Crippen LogP contribution < -0.4 is 20.9 Å². The molecule has 0 aliphatic heterocycles. The molecule has 6 nitrogen and oxygen atoms in total. The second-order valence-corrected chi connectivity index (χ2v) is 4.90. The molecule has 0 unspecified atom stereocenters. The van der Waals surface area contributed by atoms with Gasteiger partial charge in [0.25, 0.3) is 0 Å². The van der Waals surface area contributed by atoms with Gasteiger partial charge in [-0.05, 0) is 25.2 Å². The maximum atomic E-state index is 11.9. The molecule has 0 heterocycles. The molecule has 1 aromatic rings. The Bertz CT molecular complexity index is 482. The molecule has 1 atom stereocenters. The lowest BCUT2D eigenvalue weighted by molar-refractivity contribution is -0.121. The number of para-hydroxylation sites is 1. The summed E-state index contributed by atoms with van der Waals surface area (Å²) in [4.78, 5) is 11.9. The van der Waals surface area contributed by atoms with Gasteiger partial charge < -0.3 is 14.8 Å². The Labute approximate surface area is 130 Å². The molecule has 0 saturated heterocycles. The number of methoxy groups -OCH3 is 2. The summed E-state index contributed by atoms with van der Waals surface area (Å²) < 4.78 is 10.2. The number of hydrogen-bond acceptors (Lipinski definition) is 4. The van der Waals surface area contributed by atoms with Crippen molar-refractivity contribution in [1.82, 2.24) is 16.2 Å². The molecular formula is C14H21N3O3S. The molecule has 0 radical (unpaired) electrons. The maximum absolute atomic E-state index is 11.9. The van der Waals surface area contributed by atoms with Crippen LogP contribution in [-0.2, 0) is 16.0 Å². The molecule has 3 N–H and O–H groups in total. The molecule has 0 fully saturated rings. The van der Waals surface area contributed by atoms with Crippen molar-refractivity contribution in [3.05, 3.63) is 29.8 Å². The Morgan fingerprint density at radius 2 is 2.00 bits per heavy atom. The highest BCUT2D eigenvalue weighted by Crippen LogP contribution is 2.17. The molecule has 7 heteroatoms. The topological polar surface area (TPSA) is 71.6 Å². The van der Waals surface area contributed by atoms with E-state index in [4.69, 9.17) is 21.7 Å². The third kappa shape index (κ3) is 6.42. The smallest absolute Gasteiger partial charge is 0.242 e. The molecule has 1 rings (SSSR count). The standard InChI is InChI=1S/C14H21N3O3S/c1-10(9-19-2)15-14(21)17-16-13(18)8-11-6-4-5-7-12(11)20-3/h4-7,10H,8-9H2,1-3H3,(H,16,18)(H2,15,17,21)/t10-/m0/s1. The van der Waals surface area contributed by atoms with Crippen molar-refractivity contribution in [2.45, 2.75) is 19.4 Å². The molecule has 1 amide bonds. The molecule has 0 bridgehead atoms. The molecule has 21 heavy (non-hydrogen) atoms. The van der Waals surface area contributed by atoms with Crippen molar-refractivity contribution >= 4 is 23.2 Å². The lowest BCUT2D eigenvalue weighted by atomic mass is 10.1. The van der Waals surface area contributed by atoms with E-state index in [0.29, 0.717) is 17.5 Å². The lowest BCUT2D eigenvalue weighted by Gasteiger charge is -2.16. The van der Waals surface area contributed by atoms with Gasteiger partial charge in [-0.2, -0.15) is 0 Å². The molecule has 1 aromatic carbocycles. The van der Waals surface area contributed by atoms with Gasteiger partial charge in [-0.1, -0.05) is 18.2 Å². The zero-order chi connectivity index (χ0) is 15.7. The van der Waals surface area contributed by atoms with Crippen LogP contribution in [-0.4, -0.2) is 37.9 Å². The zero-order valence-electron chi connectivity index (χ0n) is 12.4. The number of amides is 1. The van der Waals surface area contributed by atoms with E-state index in [1.54, 1.807) is 14.2 Å². The van der Waals surface area contributed by atoms with Gasteiger partial charge in [-0.25, -0.2) is 0 Å². The van der Waals surface area contributed by atoms with E-state index in [9.17, 15) is 4.79 Å². The summed E-state index contributed by atoms with van der Waals surface area (Å²) >= 11 is 5.06. The largest absolute Gasteiger partial charge is 0.496 e. The number of rotatable bonds is 6. The molecule has 0 aliphatic rings. The van der Waals surface area contributed by atoms with Crippen molar-refractivity contribution in [3.63, 3.8) is 0 Å². The van der Waals surface area contributed by atoms with E-state index in [-0.39, 0.29) is 18.4 Å². The van der Waals surface area contributed by atoms with Crippen LogP contribution in [0.3, 0.4) is 0 Å². The van der Waals surface area contributed by atoms with Crippen molar-refractivity contribution in [2.75, 3.05) is 20.8 Å². The molecule has 0 spiro atoms. The summed E-state index contributed by atoms with van der Waals surface area (Å²) in [6.07, 6.45) is 0.202. The predicted octanol–water partition coefficient (Wildman–Crippen LogP) is 0.768. The summed E-state index contributed by atoms with van der Waals surface area (Å²) in [7, 11) is 3.19. The van der Waals surface area contributed by atoms with Crippen molar-refractivity contribution in [2.24, 2.45) is 0 Å². The normalized spacial score (nSPS) is 11.4. The second kappa shape index (κ2) is 9.15. The summed E-state index contributed by atoms with van der Waals surface area (Å²) in [6, 6.07) is 7.43. The number of hydrogen-bond donors (Lipinski definition) is 3. The highest BCUT2D eigenvalue weighted by atomic mass is 32.1. The lowest BCUT2D eigenvalue weighted by Crippen LogP contribution is -2.50. The van der Waals surface area contributed by atoms with Gasteiger partial charge in [0, 0.05) is 18.7 Å². The fourth-order valence-corrected chi connectivity index (χ4v) is 2.00. The van der Waals surface area contributed by atoms with Crippen LogP contribution >= 0.6 is 12.2 Å². The molecule has 0 saturated carbocycles. The van der Waals surface area contributed by atoms with Crippen LogP contribution in [0.4, 0.5) is 0 Å². The Morgan fingerprint density at radius 3 is 2.67 bits per heavy atom. The van der Waals surface area contributed by atoms with Crippen LogP contribution in [0.25, 0.3) is 0 Å². The fraction of sp³-hybridized carbons (Fsp3) is 0.429.